The smallest absolute Gasteiger partial charge is 0.270 e. The number of benzene rings is 2. The first-order chi connectivity index (χ1) is 15.0. The van der Waals surface area contributed by atoms with Gasteiger partial charge in [-0.1, -0.05) is 42.0 Å². The Morgan fingerprint density at radius 3 is 2.68 bits per heavy atom. The van der Waals surface area contributed by atoms with Crippen LogP contribution in [0.2, 0.25) is 0 Å². The summed E-state index contributed by atoms with van der Waals surface area (Å²) in [7, 11) is 0. The van der Waals surface area contributed by atoms with Gasteiger partial charge >= 0.3 is 0 Å². The zero-order chi connectivity index (χ0) is 22.0. The highest BCUT2D eigenvalue weighted by atomic mass is 19.1. The Labute approximate surface area is 182 Å². The van der Waals surface area contributed by atoms with Gasteiger partial charge in [0.1, 0.15) is 5.82 Å². The molecule has 6 heteroatoms. The van der Waals surface area contributed by atoms with Crippen molar-refractivity contribution < 1.29 is 14.5 Å². The Morgan fingerprint density at radius 2 is 2.00 bits per heavy atom. The first-order valence-electron chi connectivity index (χ1n) is 10.6. The summed E-state index contributed by atoms with van der Waals surface area (Å²) in [6.45, 7) is 4.81. The first-order valence-corrected chi connectivity index (χ1v) is 10.6. The summed E-state index contributed by atoms with van der Waals surface area (Å²) in [6.07, 6.45) is 1.93. The Hall–Kier alpha value is -3.25. The predicted octanol–water partition coefficient (Wildman–Crippen LogP) is 3.71. The number of aromatic nitrogens is 2. The molecule has 1 aliphatic rings. The van der Waals surface area contributed by atoms with Crippen LogP contribution in [0.25, 0.3) is 16.8 Å². The molecular weight excluding hydrogens is 391 g/mol. The summed E-state index contributed by atoms with van der Waals surface area (Å²) in [6, 6.07) is 16.5. The number of nitrogens with one attached hydrogen (secondary N) is 1. The number of aliphatic hydroxyl groups is 1. The zero-order valence-corrected chi connectivity index (χ0v) is 17.9. The number of hydrogen-bond donors (Lipinski definition) is 2. The third-order valence-corrected chi connectivity index (χ3v) is 5.74. The molecule has 3 aromatic rings. The SMILES string of the molecule is CC(N)=C(c1ccc(C)cc1)c1nc(-c2cccc(F)c2)cc(N2CCC[C@H]2CO)[nH+]1. The number of aromatic amines is 1. The molecule has 2 heterocycles. The molecule has 1 atom stereocenters. The minimum atomic E-state index is -0.311. The van der Waals surface area contributed by atoms with Crippen molar-refractivity contribution in [3.63, 3.8) is 0 Å². The molecule has 0 radical (unpaired) electrons. The zero-order valence-electron chi connectivity index (χ0n) is 17.9. The van der Waals surface area contributed by atoms with E-state index < -0.39 is 0 Å². The third kappa shape index (κ3) is 4.44. The maximum atomic E-state index is 14.0. The largest absolute Gasteiger partial charge is 0.402 e. The molecular formula is C25H28FN4O+. The third-order valence-electron chi connectivity index (χ3n) is 5.74. The van der Waals surface area contributed by atoms with Gasteiger partial charge in [-0.25, -0.2) is 9.37 Å². The molecule has 2 aromatic carbocycles. The number of H-pyrrole nitrogens is 1. The Balaban J connectivity index is 1.90. The van der Waals surface area contributed by atoms with Crippen molar-refractivity contribution in [2.24, 2.45) is 5.73 Å². The van der Waals surface area contributed by atoms with E-state index in [4.69, 9.17) is 10.7 Å². The van der Waals surface area contributed by atoms with Crippen molar-refractivity contribution in [1.29, 1.82) is 0 Å². The summed E-state index contributed by atoms with van der Waals surface area (Å²) in [4.78, 5) is 10.4. The van der Waals surface area contributed by atoms with Crippen LogP contribution in [0.15, 0.2) is 60.3 Å². The molecule has 0 aliphatic carbocycles. The molecule has 4 rings (SSSR count). The maximum Gasteiger partial charge on any atom is 0.270 e. The van der Waals surface area contributed by atoms with Gasteiger partial charge in [-0.3, -0.25) is 4.90 Å². The minimum Gasteiger partial charge on any atom is -0.402 e. The van der Waals surface area contributed by atoms with E-state index >= 15 is 0 Å². The van der Waals surface area contributed by atoms with Crippen LogP contribution < -0.4 is 15.6 Å². The van der Waals surface area contributed by atoms with Crippen LogP contribution in [0.4, 0.5) is 10.2 Å². The fraction of sp³-hybridized carbons (Fsp3) is 0.280. The highest BCUT2D eigenvalue weighted by Gasteiger charge is 2.31. The lowest BCUT2D eigenvalue weighted by molar-refractivity contribution is -0.372. The molecule has 4 N–H and O–H groups in total. The molecule has 0 bridgehead atoms. The van der Waals surface area contributed by atoms with E-state index in [0.29, 0.717) is 22.8 Å². The maximum absolute atomic E-state index is 14.0. The van der Waals surface area contributed by atoms with Gasteiger partial charge in [-0.15, -0.1) is 4.98 Å². The molecule has 0 saturated carbocycles. The van der Waals surface area contributed by atoms with Gasteiger partial charge in [0, 0.05) is 11.3 Å². The average molecular weight is 420 g/mol. The lowest BCUT2D eigenvalue weighted by Gasteiger charge is -2.20. The van der Waals surface area contributed by atoms with E-state index in [-0.39, 0.29) is 18.5 Å². The van der Waals surface area contributed by atoms with Crippen molar-refractivity contribution in [3.05, 3.63) is 83.1 Å². The molecule has 5 nitrogen and oxygen atoms in total. The topological polar surface area (TPSA) is 76.5 Å². The van der Waals surface area contributed by atoms with Crippen molar-refractivity contribution in [2.45, 2.75) is 32.7 Å². The minimum absolute atomic E-state index is 0.0395. The van der Waals surface area contributed by atoms with Crippen molar-refractivity contribution in [3.8, 4) is 11.3 Å². The van der Waals surface area contributed by atoms with Crippen LogP contribution in [0.5, 0.6) is 0 Å². The predicted molar refractivity (Wildman–Crippen MR) is 121 cm³/mol. The molecule has 0 amide bonds. The molecule has 0 spiro atoms. The second-order valence-corrected chi connectivity index (χ2v) is 8.11. The Kier molecular flexibility index (Phi) is 6.00. The molecule has 0 unspecified atom stereocenters. The number of halogens is 1. The van der Waals surface area contributed by atoms with E-state index in [1.54, 1.807) is 6.07 Å². The molecule has 31 heavy (non-hydrogen) atoms. The molecule has 1 saturated heterocycles. The van der Waals surface area contributed by atoms with E-state index in [1.807, 2.05) is 50.2 Å². The van der Waals surface area contributed by atoms with E-state index in [9.17, 15) is 9.50 Å². The second-order valence-electron chi connectivity index (χ2n) is 8.11. The molecule has 1 fully saturated rings. The van der Waals surface area contributed by atoms with Gasteiger partial charge in [0.15, 0.2) is 5.69 Å². The number of nitrogens with two attached hydrogens (primary N) is 1. The molecule has 160 valence electrons. The van der Waals surface area contributed by atoms with Gasteiger partial charge in [-0.2, -0.15) is 0 Å². The summed E-state index contributed by atoms with van der Waals surface area (Å²) >= 11 is 0. The fourth-order valence-electron chi connectivity index (χ4n) is 4.15. The van der Waals surface area contributed by atoms with Crippen LogP contribution in [0.1, 0.15) is 36.7 Å². The normalized spacial score (nSPS) is 17.0. The number of aliphatic hydroxyl groups excluding tert-OH is 1. The standard InChI is InChI=1S/C25H27FN4O/c1-16-8-10-18(11-9-16)24(17(2)27)25-28-22(19-5-3-6-20(26)13-19)14-23(29-25)30-12-4-7-21(30)15-31/h3,5-6,8-11,13-14,21,31H,4,7,12,15,27H2,1-2H3/p+1/t21-/m0/s1. The van der Waals surface area contributed by atoms with E-state index in [2.05, 4.69) is 9.88 Å². The fourth-order valence-corrected chi connectivity index (χ4v) is 4.15. The van der Waals surface area contributed by atoms with Crippen molar-refractivity contribution in [2.75, 3.05) is 18.1 Å². The van der Waals surface area contributed by atoms with Crippen LogP contribution in [0.3, 0.4) is 0 Å². The number of hydrogen-bond acceptors (Lipinski definition) is 4. The van der Waals surface area contributed by atoms with Crippen LogP contribution >= 0.6 is 0 Å². The van der Waals surface area contributed by atoms with Crippen LogP contribution in [0, 0.1) is 12.7 Å². The first kappa shape index (κ1) is 21.0. The van der Waals surface area contributed by atoms with Gasteiger partial charge in [-0.05, 0) is 44.4 Å². The second kappa shape index (κ2) is 8.86. The number of aryl methyl sites for hydroxylation is 1. The quantitative estimate of drug-likeness (QED) is 0.661. The van der Waals surface area contributed by atoms with Crippen molar-refractivity contribution in [1.82, 2.24) is 4.98 Å². The van der Waals surface area contributed by atoms with Gasteiger partial charge in [0.05, 0.1) is 30.8 Å². The van der Waals surface area contributed by atoms with Crippen LogP contribution in [-0.2, 0) is 0 Å². The monoisotopic (exact) mass is 419 g/mol. The Bertz CT molecular complexity index is 1110. The molecule has 1 aromatic heterocycles. The molecule has 1 aliphatic heterocycles. The average Bonchev–Trinajstić information content (AvgIpc) is 3.24. The summed E-state index contributed by atoms with van der Waals surface area (Å²) in [5, 5.41) is 9.84. The lowest BCUT2D eigenvalue weighted by atomic mass is 10.0. The highest BCUT2D eigenvalue weighted by Crippen LogP contribution is 2.29. The van der Waals surface area contributed by atoms with Crippen LogP contribution in [-0.4, -0.2) is 29.3 Å². The number of allylic oxidation sites excluding steroid dienone is 1. The number of rotatable bonds is 5. The van der Waals surface area contributed by atoms with Gasteiger partial charge in [0.2, 0.25) is 5.82 Å². The number of nitrogens with zero attached hydrogens (tertiary/aromatic N) is 2. The van der Waals surface area contributed by atoms with Gasteiger partial charge < -0.3 is 10.8 Å². The lowest BCUT2D eigenvalue weighted by Crippen LogP contribution is -2.37. The highest BCUT2D eigenvalue weighted by molar-refractivity contribution is 5.78. The van der Waals surface area contributed by atoms with Gasteiger partial charge in [0.25, 0.3) is 5.82 Å². The number of anilines is 1. The van der Waals surface area contributed by atoms with E-state index in [1.165, 1.54) is 12.1 Å². The summed E-state index contributed by atoms with van der Waals surface area (Å²) in [5.74, 6) is 1.14. The Morgan fingerprint density at radius 1 is 1.23 bits per heavy atom. The van der Waals surface area contributed by atoms with Crippen molar-refractivity contribution >= 4 is 11.4 Å². The summed E-state index contributed by atoms with van der Waals surface area (Å²) in [5.41, 5.74) is 11.2. The summed E-state index contributed by atoms with van der Waals surface area (Å²) < 4.78 is 14.0. The van der Waals surface area contributed by atoms with E-state index in [0.717, 1.165) is 41.9 Å².